The van der Waals surface area contributed by atoms with Crippen LogP contribution in [0.15, 0.2) is 36.4 Å². The summed E-state index contributed by atoms with van der Waals surface area (Å²) in [5.74, 6) is 0.0319. The van der Waals surface area contributed by atoms with Crippen LogP contribution in [0.3, 0.4) is 0 Å². The van der Waals surface area contributed by atoms with Gasteiger partial charge in [0.05, 0.1) is 10.4 Å². The number of aryl methyl sites for hydroxylation is 1. The number of hydrogen-bond acceptors (Lipinski definition) is 3. The van der Waals surface area contributed by atoms with E-state index in [1.807, 2.05) is 43.3 Å². The van der Waals surface area contributed by atoms with Crippen molar-refractivity contribution in [3.8, 4) is 0 Å². The zero-order valence-electron chi connectivity index (χ0n) is 11.2. The summed E-state index contributed by atoms with van der Waals surface area (Å²) in [5.41, 5.74) is 7.51. The summed E-state index contributed by atoms with van der Waals surface area (Å²) in [6.07, 6.45) is 1.14. The number of rotatable bonds is 5. The van der Waals surface area contributed by atoms with Gasteiger partial charge in [-0.2, -0.15) is 0 Å². The summed E-state index contributed by atoms with van der Waals surface area (Å²) in [4.78, 5) is 13.0. The molecule has 1 heterocycles. The maximum absolute atomic E-state index is 11.9. The number of carbonyl (C=O) groups is 1. The van der Waals surface area contributed by atoms with Crippen LogP contribution >= 0.6 is 22.9 Å². The Hall–Kier alpha value is -1.52. The average molecular weight is 309 g/mol. The van der Waals surface area contributed by atoms with Crippen molar-refractivity contribution in [1.29, 1.82) is 0 Å². The van der Waals surface area contributed by atoms with Crippen LogP contribution in [0.1, 0.15) is 29.8 Å². The van der Waals surface area contributed by atoms with E-state index in [9.17, 15) is 4.79 Å². The van der Waals surface area contributed by atoms with E-state index in [2.05, 4.69) is 5.32 Å². The molecule has 0 aliphatic heterocycles. The van der Waals surface area contributed by atoms with Gasteiger partial charge in [-0.1, -0.05) is 23.7 Å². The standard InChI is InChI=1S/C15H17ClN2OS/c1-10(13-6-7-14(16)20-13)18-15(19)8-5-11-3-2-4-12(17)9-11/h2-4,6-7,9-10H,5,8,17H2,1H3,(H,18,19). The molecule has 106 valence electrons. The van der Waals surface area contributed by atoms with Gasteiger partial charge in [-0.25, -0.2) is 0 Å². The third-order valence-corrected chi connectivity index (χ3v) is 4.40. The topological polar surface area (TPSA) is 55.1 Å². The molecule has 0 aliphatic carbocycles. The van der Waals surface area contributed by atoms with Crippen LogP contribution in [0.2, 0.25) is 4.34 Å². The minimum absolute atomic E-state index is 0.0131. The van der Waals surface area contributed by atoms with E-state index in [1.165, 1.54) is 11.3 Å². The van der Waals surface area contributed by atoms with Crippen molar-refractivity contribution < 1.29 is 4.79 Å². The fourth-order valence-electron chi connectivity index (χ4n) is 1.95. The van der Waals surface area contributed by atoms with Gasteiger partial charge in [0.1, 0.15) is 0 Å². The first-order chi connectivity index (χ1) is 9.54. The minimum atomic E-state index is -0.0131. The largest absolute Gasteiger partial charge is 0.399 e. The molecule has 5 heteroatoms. The number of amides is 1. The lowest BCUT2D eigenvalue weighted by Crippen LogP contribution is -2.26. The second-order valence-corrected chi connectivity index (χ2v) is 6.42. The number of nitrogen functional groups attached to an aromatic ring is 1. The lowest BCUT2D eigenvalue weighted by atomic mass is 10.1. The predicted octanol–water partition coefficient (Wildman–Crippen LogP) is 3.79. The third kappa shape index (κ3) is 4.25. The van der Waals surface area contributed by atoms with E-state index in [1.54, 1.807) is 0 Å². The van der Waals surface area contributed by atoms with E-state index in [0.29, 0.717) is 12.8 Å². The van der Waals surface area contributed by atoms with Gasteiger partial charge in [-0.05, 0) is 43.2 Å². The molecule has 2 rings (SSSR count). The molecule has 1 amide bonds. The normalized spacial score (nSPS) is 12.1. The molecule has 2 aromatic rings. The highest BCUT2D eigenvalue weighted by Crippen LogP contribution is 2.26. The van der Waals surface area contributed by atoms with Crippen molar-refractivity contribution in [2.45, 2.75) is 25.8 Å². The van der Waals surface area contributed by atoms with Crippen molar-refractivity contribution in [3.63, 3.8) is 0 Å². The second-order valence-electron chi connectivity index (χ2n) is 4.68. The van der Waals surface area contributed by atoms with Crippen LogP contribution < -0.4 is 11.1 Å². The molecule has 1 aromatic heterocycles. The number of halogens is 1. The fourth-order valence-corrected chi connectivity index (χ4v) is 3.02. The number of nitrogens with two attached hydrogens (primary N) is 1. The monoisotopic (exact) mass is 308 g/mol. The number of hydrogen-bond donors (Lipinski definition) is 2. The molecular weight excluding hydrogens is 292 g/mol. The maximum atomic E-state index is 11.9. The van der Waals surface area contributed by atoms with Crippen molar-refractivity contribution in [3.05, 3.63) is 51.2 Å². The van der Waals surface area contributed by atoms with E-state index in [4.69, 9.17) is 17.3 Å². The summed E-state index contributed by atoms with van der Waals surface area (Å²) in [7, 11) is 0. The number of nitrogens with one attached hydrogen (secondary N) is 1. The molecule has 3 nitrogen and oxygen atoms in total. The lowest BCUT2D eigenvalue weighted by molar-refractivity contribution is -0.121. The van der Waals surface area contributed by atoms with Crippen molar-refractivity contribution >= 4 is 34.5 Å². The molecule has 20 heavy (non-hydrogen) atoms. The van der Waals surface area contributed by atoms with Gasteiger partial charge in [0, 0.05) is 17.0 Å². The second kappa shape index (κ2) is 6.77. The summed E-state index contributed by atoms with van der Waals surface area (Å²) < 4.78 is 0.737. The Balaban J connectivity index is 1.83. The lowest BCUT2D eigenvalue weighted by Gasteiger charge is -2.12. The van der Waals surface area contributed by atoms with Crippen molar-refractivity contribution in [2.75, 3.05) is 5.73 Å². The Morgan fingerprint density at radius 3 is 2.85 bits per heavy atom. The van der Waals surface area contributed by atoms with Crippen molar-refractivity contribution in [2.24, 2.45) is 0 Å². The number of carbonyl (C=O) groups excluding carboxylic acids is 1. The molecule has 0 radical (unpaired) electrons. The molecular formula is C15H17ClN2OS. The first kappa shape index (κ1) is 14.9. The highest BCUT2D eigenvalue weighted by molar-refractivity contribution is 7.16. The van der Waals surface area contributed by atoms with Crippen LogP contribution in [-0.2, 0) is 11.2 Å². The summed E-state index contributed by atoms with van der Waals surface area (Å²) in [5, 5.41) is 2.98. The predicted molar refractivity (Wildman–Crippen MR) is 85.1 cm³/mol. The zero-order chi connectivity index (χ0) is 14.5. The van der Waals surface area contributed by atoms with Crippen LogP contribution in [-0.4, -0.2) is 5.91 Å². The van der Waals surface area contributed by atoms with Crippen LogP contribution in [0.4, 0.5) is 5.69 Å². The van der Waals surface area contributed by atoms with Crippen molar-refractivity contribution in [1.82, 2.24) is 5.32 Å². The molecule has 0 aliphatic rings. The van der Waals surface area contributed by atoms with Gasteiger partial charge in [0.2, 0.25) is 5.91 Å². The van der Waals surface area contributed by atoms with Gasteiger partial charge in [0.25, 0.3) is 0 Å². The minimum Gasteiger partial charge on any atom is -0.399 e. The molecule has 0 bridgehead atoms. The van der Waals surface area contributed by atoms with Gasteiger partial charge < -0.3 is 11.1 Å². The molecule has 1 aromatic carbocycles. The maximum Gasteiger partial charge on any atom is 0.220 e. The van der Waals surface area contributed by atoms with E-state index >= 15 is 0 Å². The highest BCUT2D eigenvalue weighted by atomic mass is 35.5. The third-order valence-electron chi connectivity index (χ3n) is 2.99. The quantitative estimate of drug-likeness (QED) is 0.826. The molecule has 0 spiro atoms. The van der Waals surface area contributed by atoms with Crippen LogP contribution in [0.25, 0.3) is 0 Å². The number of anilines is 1. The highest BCUT2D eigenvalue weighted by Gasteiger charge is 2.11. The van der Waals surface area contributed by atoms with E-state index in [0.717, 1.165) is 20.5 Å². The number of benzene rings is 1. The Morgan fingerprint density at radius 2 is 2.20 bits per heavy atom. The smallest absolute Gasteiger partial charge is 0.220 e. The molecule has 0 saturated carbocycles. The SMILES string of the molecule is CC(NC(=O)CCc1cccc(N)c1)c1ccc(Cl)s1. The first-order valence-electron chi connectivity index (χ1n) is 6.43. The van der Waals surface area contributed by atoms with Crippen LogP contribution in [0, 0.1) is 0 Å². The molecule has 1 unspecified atom stereocenters. The van der Waals surface area contributed by atoms with Gasteiger partial charge in [-0.15, -0.1) is 11.3 Å². The molecule has 0 fully saturated rings. The summed E-state index contributed by atoms with van der Waals surface area (Å²) >= 11 is 7.38. The summed E-state index contributed by atoms with van der Waals surface area (Å²) in [6, 6.07) is 11.4. The number of thiophene rings is 1. The first-order valence-corrected chi connectivity index (χ1v) is 7.63. The van der Waals surface area contributed by atoms with E-state index < -0.39 is 0 Å². The van der Waals surface area contributed by atoms with Crippen LogP contribution in [0.5, 0.6) is 0 Å². The average Bonchev–Trinajstić information content (AvgIpc) is 2.83. The van der Waals surface area contributed by atoms with E-state index in [-0.39, 0.29) is 11.9 Å². The Bertz CT molecular complexity index is 597. The zero-order valence-corrected chi connectivity index (χ0v) is 12.8. The molecule has 3 N–H and O–H groups in total. The summed E-state index contributed by atoms with van der Waals surface area (Å²) in [6.45, 7) is 1.96. The van der Waals surface area contributed by atoms with Gasteiger partial charge in [-0.3, -0.25) is 4.79 Å². The molecule has 1 atom stereocenters. The Morgan fingerprint density at radius 1 is 1.40 bits per heavy atom. The van der Waals surface area contributed by atoms with Gasteiger partial charge >= 0.3 is 0 Å². The Labute approximate surface area is 127 Å². The molecule has 0 saturated heterocycles. The fraction of sp³-hybridized carbons (Fsp3) is 0.267. The van der Waals surface area contributed by atoms with Gasteiger partial charge in [0.15, 0.2) is 0 Å². The Kier molecular flexibility index (Phi) is 5.04.